The van der Waals surface area contributed by atoms with E-state index in [4.69, 9.17) is 96.6 Å². The number of aromatic amines is 3. The van der Waals surface area contributed by atoms with Gasteiger partial charge in [-0.05, 0) is 110 Å². The van der Waals surface area contributed by atoms with Crippen molar-refractivity contribution in [2.24, 2.45) is 17.2 Å². The normalized spacial score (nSPS) is 12.6. The number of benzene rings is 7. The van der Waals surface area contributed by atoms with Crippen LogP contribution in [-0.4, -0.2) is 221 Å². The first kappa shape index (κ1) is 116. The molecule has 11 heterocycles. The summed E-state index contributed by atoms with van der Waals surface area (Å²) in [5.74, 6) is -4.90. The molecule has 0 saturated heterocycles. The first-order valence-electron chi connectivity index (χ1n) is 38.3. The van der Waals surface area contributed by atoms with Gasteiger partial charge < -0.3 is 60.3 Å². The Labute approximate surface area is 851 Å². The Morgan fingerprint density at radius 1 is 0.489 bits per heavy atom. The Morgan fingerprint density at radius 3 is 1.19 bits per heavy atom. The number of H-pyrrole nitrogens is 3. The monoisotopic (exact) mass is 2080 g/mol. The number of pyridine rings is 3. The van der Waals surface area contributed by atoms with E-state index in [1.165, 1.54) is 92.3 Å². The average Bonchev–Trinajstić information content (AvgIpc) is 1.60. The Morgan fingerprint density at radius 2 is 0.816 bits per heavy atom. The fraction of sp³-hybridized carbons (Fsp3) is 0.151. The summed E-state index contributed by atoms with van der Waals surface area (Å²) in [6, 6.07) is 23.0. The summed E-state index contributed by atoms with van der Waals surface area (Å²) < 4.78 is 50.7. The van der Waals surface area contributed by atoms with Crippen LogP contribution in [0.5, 0.6) is 11.8 Å². The smallest absolute Gasteiger partial charge is 1.00 e. The number of hydrogen-bond donors (Lipinski definition) is 10. The molecule has 12 aromatic rings. The van der Waals surface area contributed by atoms with Crippen LogP contribution in [0.2, 0.25) is 25.1 Å². The minimum atomic E-state index is -1.00. The van der Waals surface area contributed by atoms with Crippen molar-refractivity contribution in [2.75, 3.05) is 80.4 Å². The number of methoxy groups -OCH3 is 2. The number of urea groups is 1. The summed E-state index contributed by atoms with van der Waals surface area (Å²) >= 11 is 29.2. The van der Waals surface area contributed by atoms with Crippen LogP contribution in [-0.2, 0) is 6.42 Å². The Hall–Kier alpha value is -15.8. The van der Waals surface area contributed by atoms with Crippen molar-refractivity contribution in [3.63, 3.8) is 0 Å². The molecule has 0 aliphatic carbocycles. The van der Waals surface area contributed by atoms with Crippen molar-refractivity contribution >= 4 is 210 Å². The predicted molar refractivity (Wildman–Crippen MR) is 513 cm³/mol. The number of amides is 14. The number of carbonyl (C=O) groups is 14. The summed E-state index contributed by atoms with van der Waals surface area (Å²) in [5, 5.41) is 34.5. The minimum Gasteiger partial charge on any atom is -1.00 e. The molecule has 14 amide bonds. The van der Waals surface area contributed by atoms with E-state index >= 15 is 0 Å². The van der Waals surface area contributed by atoms with Crippen LogP contribution in [0, 0.1) is 42.0 Å². The van der Waals surface area contributed by atoms with Gasteiger partial charge in [-0.1, -0.05) is 80.3 Å². The molecule has 141 heavy (non-hydrogen) atoms. The van der Waals surface area contributed by atoms with Gasteiger partial charge in [-0.15, -0.1) is 12.4 Å². The Bertz CT molecular complexity index is 6990. The fourth-order valence-electron chi connectivity index (χ4n) is 12.9. The molecule has 0 atom stereocenters. The van der Waals surface area contributed by atoms with E-state index < -0.39 is 75.0 Å². The van der Waals surface area contributed by atoms with E-state index in [0.29, 0.717) is 119 Å². The van der Waals surface area contributed by atoms with Gasteiger partial charge in [0.2, 0.25) is 11.8 Å². The van der Waals surface area contributed by atoms with Crippen LogP contribution in [0.3, 0.4) is 0 Å². The molecular formula is C86H82Cl6F3N22NaO23. The molecule has 7 aromatic carbocycles. The van der Waals surface area contributed by atoms with Gasteiger partial charge in [0.15, 0.2) is 6.29 Å². The van der Waals surface area contributed by atoms with E-state index in [2.05, 4.69) is 46.4 Å². The van der Waals surface area contributed by atoms with Gasteiger partial charge in [-0.25, -0.2) is 33.5 Å². The maximum Gasteiger partial charge on any atom is 1.00 e. The van der Waals surface area contributed by atoms with Crippen molar-refractivity contribution in [1.82, 2.24) is 64.7 Å². The molecule has 738 valence electrons. The molecule has 0 radical (unpaired) electrons. The van der Waals surface area contributed by atoms with Gasteiger partial charge in [-0.3, -0.25) is 132 Å². The topological polar surface area (TPSA) is 687 Å². The minimum absolute atomic E-state index is 0. The maximum atomic E-state index is 12.7. The number of nitrogens with one attached hydrogen (secondary N) is 4. The zero-order valence-electron chi connectivity index (χ0n) is 74.0. The van der Waals surface area contributed by atoms with Crippen LogP contribution in [0.15, 0.2) is 133 Å². The van der Waals surface area contributed by atoms with E-state index in [1.54, 1.807) is 36.4 Å². The number of ether oxygens (including phenoxy) is 2. The van der Waals surface area contributed by atoms with E-state index in [9.17, 15) is 111 Å². The number of nitrogens with two attached hydrogens (primary N) is 6. The van der Waals surface area contributed by atoms with E-state index in [1.807, 2.05) is 5.32 Å². The number of hydrogen-bond acceptors (Lipinski definition) is 31. The number of fused-ring (bicyclic) bond motifs is 8. The van der Waals surface area contributed by atoms with Crippen LogP contribution in [0.4, 0.5) is 52.1 Å². The average molecular weight is 2090 g/mol. The van der Waals surface area contributed by atoms with Crippen molar-refractivity contribution in [1.29, 1.82) is 0 Å². The zero-order valence-corrected chi connectivity index (χ0v) is 78.6. The zero-order chi connectivity index (χ0) is 102. The number of rotatable bonds is 10. The quantitative estimate of drug-likeness (QED) is 0.0152. The number of imide groups is 6. The number of nitro benzene ring substituents is 3. The number of halogens is 9. The molecule has 0 spiro atoms. The maximum absolute atomic E-state index is 12.7. The molecule has 6 aliphatic heterocycles. The van der Waals surface area contributed by atoms with Crippen molar-refractivity contribution in [3.05, 3.63) is 283 Å². The molecule has 6 aliphatic rings. The molecule has 0 unspecified atom stereocenters. The second-order valence-corrected chi connectivity index (χ2v) is 29.8. The predicted octanol–water partition coefficient (Wildman–Crippen LogP) is 9.72. The van der Waals surface area contributed by atoms with Gasteiger partial charge in [0.1, 0.15) is 44.6 Å². The van der Waals surface area contributed by atoms with E-state index in [0.717, 1.165) is 73.0 Å². The summed E-state index contributed by atoms with van der Waals surface area (Å²) in [6.07, 6.45) is 5.46. The van der Waals surface area contributed by atoms with Crippen molar-refractivity contribution < 1.29 is 138 Å². The third-order valence-corrected chi connectivity index (χ3v) is 21.1. The van der Waals surface area contributed by atoms with Crippen LogP contribution in [0.1, 0.15) is 167 Å². The number of anilines is 3. The number of nitrogen functional groups attached to an aromatic ring is 3. The number of alkyl halides is 1. The second-order valence-electron chi connectivity index (χ2n) is 27.8. The number of aldehydes is 1. The third-order valence-electron chi connectivity index (χ3n) is 19.5. The molecular weight excluding hydrogens is 2000 g/mol. The van der Waals surface area contributed by atoms with Crippen molar-refractivity contribution in [3.8, 4) is 34.5 Å². The summed E-state index contributed by atoms with van der Waals surface area (Å²) in [4.78, 5) is 231. The van der Waals surface area contributed by atoms with Gasteiger partial charge >= 0.3 is 35.6 Å². The molecule has 18 rings (SSSR count). The third kappa shape index (κ3) is 25.0. The standard InChI is InChI=1S/C16H11ClN4O3.C15H9ClN4O3.C9H5ClN2O4.C9H7N3O4.C9H9N3O2.C8H3ClN2O4.C8H9F2N.C7H6ClNO2.CH3F.CH4N2O.3CH4.ClH.Na.H2.H/c1-21-15(22)7-5-10-11(6-8(7)16(21)23)20-13(19-10)12-9(17)3-4-18-14(12)24-2;1-20-14(22)6-4-9-10(5-7(6)15(20)23)19-12(18-9)11-8(16)2-3-17-13(11)21;2*1-11-8(13)4-2-6(10)7(12(15)16)3-5(4)9(11)14;1-12-8(13)4-2-6(10)7(11)3-5(4)9(12)14;9-5-1-3-4(2-6(5)11(14)15)8(13)10-7(3)12;9-7-1-2-8(10)6(5-7)3-4-11;1-11-7-5(4-10)6(8)2-3-9-7;1-2;2-1(3)4;;;;;;;/h3-6H,1-2H3,(H,19,20);2-5H,1H3,(H,17,21)(H,18,19);2-3H,1H3;2-3H,10H2,1H3;2-3H,10-11H2,1H3;1-2H,(H,10,12,13);1-2,5H,3-4,11H2;2-4H,1H3;1H3;(H4,2,3,4);3*1H4;1H;;1H;/q;;;;;;;;;;;;;;+1;;-1/i;;;;;;;;1D;;;;;;;;. The van der Waals surface area contributed by atoms with E-state index in [-0.39, 0.29) is 202 Å². The molecule has 0 bridgehead atoms. The molecule has 55 heteroatoms. The number of imidazole rings is 2. The number of nitrogens with zero attached hydrogens (tertiary/aromatic N) is 12. The van der Waals surface area contributed by atoms with Crippen LogP contribution >= 0.6 is 70.4 Å². The number of carbonyl (C=O) groups excluding carboxylic acids is 14. The summed E-state index contributed by atoms with van der Waals surface area (Å²) in [6.45, 7) is 0.334. The van der Waals surface area contributed by atoms with Gasteiger partial charge in [0.25, 0.3) is 93.5 Å². The fourth-order valence-corrected chi connectivity index (χ4v) is 14.0. The van der Waals surface area contributed by atoms with Gasteiger partial charge in [-0.2, -0.15) is 0 Å². The largest absolute Gasteiger partial charge is 1.00 e. The molecule has 0 fully saturated rings. The SMILES string of the molecule is C.C.C.CN1C(=O)c2cc(Cl)c([N+](=O)[O-])cc2C1=O.CN1C(=O)c2cc(N)c(N)cc2C1=O.CN1C(=O)c2cc(N)c([N+](=O)[O-])cc2C1=O.CN1C(=O)c2cc3nc(-c4c(Cl)cc[nH]c4=O)[nH]c3cc2C1=O.COc1nccc(Cl)c1-c1nc2cc3c(cc2[nH]1)C(=O)N(C)C3=O.COc1nccc(Cl)c1C=O.Cl.NC(N)=O.NCCc1cc(F)ccc1F.O=C1NC(=O)c2cc([N+](=O)[O-])c(Cl)cc21.[2H]CF.[H-].[HH].[Na+]. The molecule has 5 aromatic heterocycles. The van der Waals surface area contributed by atoms with Crippen LogP contribution in [0.25, 0.3) is 44.8 Å². The Balaban J connectivity index is 0.000000554. The van der Waals surface area contributed by atoms with Gasteiger partial charge in [0, 0.05) is 73.5 Å². The number of nitro groups is 3. The number of aromatic nitrogens is 7. The molecule has 0 saturated carbocycles. The first-order valence-corrected chi connectivity index (χ1v) is 39.5. The first-order chi connectivity index (χ1) is 64.5. The van der Waals surface area contributed by atoms with Crippen molar-refractivity contribution in [2.45, 2.75) is 28.7 Å². The number of primary amides is 2. The van der Waals surface area contributed by atoms with Crippen LogP contribution < -0.4 is 84.3 Å². The van der Waals surface area contributed by atoms with Gasteiger partial charge in [0.05, 0.1) is 164 Å². The molecule has 16 N–H and O–H groups in total. The molecule has 45 nitrogen and oxygen atoms in total. The summed E-state index contributed by atoms with van der Waals surface area (Å²) in [7, 11) is 8.87. The second kappa shape index (κ2) is 49.5. The Kier molecular flexibility index (Phi) is 40.6. The summed E-state index contributed by atoms with van der Waals surface area (Å²) in [5.41, 5.74) is 35.0.